The summed E-state index contributed by atoms with van der Waals surface area (Å²) < 4.78 is 13.0. The maximum Gasteiger partial charge on any atom is 0.233 e. The number of nitrogens with zero attached hydrogens (tertiary/aromatic N) is 3. The smallest absolute Gasteiger partial charge is 0.233 e. The number of aromatic amines is 1. The number of aromatic nitrogens is 4. The lowest BCUT2D eigenvalue weighted by Crippen LogP contribution is -2.33. The van der Waals surface area contributed by atoms with Gasteiger partial charge in [0, 0.05) is 10.9 Å². The number of hydrogen-bond donors (Lipinski definition) is 2. The molecule has 0 aliphatic rings. The van der Waals surface area contributed by atoms with Gasteiger partial charge >= 0.3 is 0 Å². The van der Waals surface area contributed by atoms with Crippen LogP contribution in [0.1, 0.15) is 25.5 Å². The highest BCUT2D eigenvalue weighted by molar-refractivity contribution is 8.00. The maximum atomic E-state index is 13.0. The quantitative estimate of drug-likeness (QED) is 0.499. The third-order valence-corrected chi connectivity index (χ3v) is 5.43. The Kier molecular flexibility index (Phi) is 4.95. The summed E-state index contributed by atoms with van der Waals surface area (Å²) in [6.45, 7) is 3.65. The Morgan fingerprint density at radius 3 is 2.64 bits per heavy atom. The Morgan fingerprint density at radius 2 is 1.86 bits per heavy atom. The number of H-pyrrole nitrogens is 1. The van der Waals surface area contributed by atoms with E-state index >= 15 is 0 Å². The molecule has 8 heteroatoms. The number of thioether (sulfide) groups is 1. The fourth-order valence-corrected chi connectivity index (χ4v) is 3.66. The predicted octanol–water partition coefficient (Wildman–Crippen LogP) is 4.00. The Labute approximate surface area is 165 Å². The molecule has 4 aromatic rings. The number of halogens is 1. The summed E-state index contributed by atoms with van der Waals surface area (Å²) in [7, 11) is 0. The molecule has 0 bridgehead atoms. The molecule has 0 unspecified atom stereocenters. The van der Waals surface area contributed by atoms with E-state index in [1.807, 2.05) is 31.2 Å². The van der Waals surface area contributed by atoms with Crippen LogP contribution in [0.15, 0.2) is 53.7 Å². The largest absolute Gasteiger partial charge is 0.349 e. The summed E-state index contributed by atoms with van der Waals surface area (Å²) in [5.41, 5.74) is 3.14. The van der Waals surface area contributed by atoms with Crippen LogP contribution in [0.4, 0.5) is 4.39 Å². The molecule has 142 valence electrons. The lowest BCUT2D eigenvalue weighted by atomic mass is 10.1. The fraction of sp³-hybridized carbons (Fsp3) is 0.200. The first-order valence-electron chi connectivity index (χ1n) is 8.85. The zero-order valence-electron chi connectivity index (χ0n) is 15.3. The van der Waals surface area contributed by atoms with E-state index < -0.39 is 5.25 Å². The molecule has 0 aliphatic heterocycles. The van der Waals surface area contributed by atoms with Gasteiger partial charge in [0.05, 0.1) is 11.3 Å². The molecule has 1 amide bonds. The number of hydrogen-bond acceptors (Lipinski definition) is 5. The summed E-state index contributed by atoms with van der Waals surface area (Å²) in [5, 5.41) is 12.3. The van der Waals surface area contributed by atoms with Crippen LogP contribution >= 0.6 is 11.8 Å². The third-order valence-electron chi connectivity index (χ3n) is 4.48. The summed E-state index contributed by atoms with van der Waals surface area (Å²) >= 11 is 1.24. The molecule has 2 N–H and O–H groups in total. The van der Waals surface area contributed by atoms with Gasteiger partial charge in [-0.25, -0.2) is 9.37 Å². The molecule has 28 heavy (non-hydrogen) atoms. The van der Waals surface area contributed by atoms with Gasteiger partial charge in [0.15, 0.2) is 5.65 Å². The molecule has 2 aromatic heterocycles. The van der Waals surface area contributed by atoms with Gasteiger partial charge < -0.3 is 10.3 Å². The highest BCUT2D eigenvalue weighted by atomic mass is 32.2. The molecule has 0 saturated heterocycles. The second-order valence-corrected chi connectivity index (χ2v) is 7.81. The van der Waals surface area contributed by atoms with Crippen LogP contribution < -0.4 is 5.32 Å². The van der Waals surface area contributed by atoms with Crippen molar-refractivity contribution in [3.63, 3.8) is 0 Å². The van der Waals surface area contributed by atoms with Gasteiger partial charge in [-0.2, -0.15) is 0 Å². The minimum Gasteiger partial charge on any atom is -0.349 e. The van der Waals surface area contributed by atoms with Crippen LogP contribution in [-0.4, -0.2) is 31.3 Å². The molecule has 6 nitrogen and oxygen atoms in total. The predicted molar refractivity (Wildman–Crippen MR) is 107 cm³/mol. The van der Waals surface area contributed by atoms with Gasteiger partial charge in [-0.3, -0.25) is 4.79 Å². The zero-order valence-corrected chi connectivity index (χ0v) is 16.1. The number of carbonyl (C=O) groups excluding carboxylic acids is 1. The Bertz CT molecular complexity index is 1140. The van der Waals surface area contributed by atoms with E-state index in [9.17, 15) is 9.18 Å². The summed E-state index contributed by atoms with van der Waals surface area (Å²) in [6, 6.07) is 13.7. The molecule has 4 rings (SSSR count). The highest BCUT2D eigenvalue weighted by Gasteiger charge is 2.19. The van der Waals surface area contributed by atoms with Crippen molar-refractivity contribution in [2.75, 3.05) is 0 Å². The second kappa shape index (κ2) is 7.55. The van der Waals surface area contributed by atoms with Crippen LogP contribution in [0.5, 0.6) is 0 Å². The number of para-hydroxylation sites is 1. The van der Waals surface area contributed by atoms with Crippen molar-refractivity contribution in [2.24, 2.45) is 0 Å². The van der Waals surface area contributed by atoms with Crippen LogP contribution in [-0.2, 0) is 4.79 Å². The average Bonchev–Trinajstić information content (AvgIpc) is 3.06. The van der Waals surface area contributed by atoms with Gasteiger partial charge in [0.25, 0.3) is 0 Å². The lowest BCUT2D eigenvalue weighted by Gasteiger charge is -2.17. The third kappa shape index (κ3) is 3.68. The first-order valence-corrected chi connectivity index (χ1v) is 9.73. The number of amides is 1. The Balaban J connectivity index is 1.46. The van der Waals surface area contributed by atoms with Crippen molar-refractivity contribution >= 4 is 39.7 Å². The summed E-state index contributed by atoms with van der Waals surface area (Å²) in [4.78, 5) is 20.2. The van der Waals surface area contributed by atoms with Crippen LogP contribution in [0.3, 0.4) is 0 Å². The number of rotatable bonds is 5. The van der Waals surface area contributed by atoms with E-state index in [1.165, 1.54) is 23.9 Å². The van der Waals surface area contributed by atoms with E-state index in [2.05, 4.69) is 25.5 Å². The first kappa shape index (κ1) is 18.4. The summed E-state index contributed by atoms with van der Waals surface area (Å²) in [5.74, 6) is -0.453. The van der Waals surface area contributed by atoms with Crippen molar-refractivity contribution in [3.05, 3.63) is 59.9 Å². The zero-order chi connectivity index (χ0) is 19.7. The number of nitrogens with one attached hydrogen (secondary N) is 2. The Hall–Kier alpha value is -3.00. The number of fused-ring (bicyclic) bond motifs is 3. The van der Waals surface area contributed by atoms with E-state index in [0.717, 1.165) is 16.5 Å². The average molecular weight is 395 g/mol. The van der Waals surface area contributed by atoms with Gasteiger partial charge in [-0.05, 0) is 37.6 Å². The van der Waals surface area contributed by atoms with Crippen LogP contribution in [0.2, 0.25) is 0 Å². The number of benzene rings is 2. The van der Waals surface area contributed by atoms with Crippen molar-refractivity contribution in [3.8, 4) is 0 Å². The van der Waals surface area contributed by atoms with Crippen molar-refractivity contribution in [1.29, 1.82) is 0 Å². The van der Waals surface area contributed by atoms with E-state index in [0.29, 0.717) is 16.3 Å². The molecular weight excluding hydrogens is 377 g/mol. The molecule has 0 saturated carbocycles. The molecule has 2 aromatic carbocycles. The second-order valence-electron chi connectivity index (χ2n) is 6.50. The van der Waals surface area contributed by atoms with E-state index in [-0.39, 0.29) is 17.8 Å². The van der Waals surface area contributed by atoms with Gasteiger partial charge in [-0.1, -0.05) is 42.1 Å². The van der Waals surface area contributed by atoms with Crippen molar-refractivity contribution < 1.29 is 9.18 Å². The highest BCUT2D eigenvalue weighted by Crippen LogP contribution is 2.25. The monoisotopic (exact) mass is 395 g/mol. The molecule has 2 atom stereocenters. The van der Waals surface area contributed by atoms with Gasteiger partial charge in [0.2, 0.25) is 11.1 Å². The lowest BCUT2D eigenvalue weighted by molar-refractivity contribution is -0.120. The topological polar surface area (TPSA) is 83.6 Å². The van der Waals surface area contributed by atoms with E-state index in [1.54, 1.807) is 19.1 Å². The molecule has 0 radical (unpaired) electrons. The van der Waals surface area contributed by atoms with Crippen LogP contribution in [0.25, 0.3) is 22.1 Å². The maximum absolute atomic E-state index is 13.0. The standard InChI is InChI=1S/C20H18FN5OS/c1-11(13-7-9-14(21)10-8-13)22-19(27)12(2)28-20-24-18-17(25-26-20)15-5-3-4-6-16(15)23-18/h3-12H,1-2H3,(H,22,27)(H,23,24,26)/t11-,12-/m1/s1. The summed E-state index contributed by atoms with van der Waals surface area (Å²) in [6.07, 6.45) is 0. The van der Waals surface area contributed by atoms with Crippen LogP contribution in [0, 0.1) is 5.82 Å². The fourth-order valence-electron chi connectivity index (χ4n) is 2.93. The molecule has 0 spiro atoms. The minimum absolute atomic E-state index is 0.151. The first-order chi connectivity index (χ1) is 13.5. The molecular formula is C20H18FN5OS. The van der Waals surface area contributed by atoms with Gasteiger partial charge in [-0.15, -0.1) is 10.2 Å². The normalized spacial score (nSPS) is 13.5. The molecule has 0 aliphatic carbocycles. The van der Waals surface area contributed by atoms with Crippen molar-refractivity contribution in [2.45, 2.75) is 30.3 Å². The molecule has 0 fully saturated rings. The van der Waals surface area contributed by atoms with Crippen molar-refractivity contribution in [1.82, 2.24) is 25.5 Å². The Morgan fingerprint density at radius 1 is 1.11 bits per heavy atom. The molecule has 2 heterocycles. The SMILES string of the molecule is C[C@@H](Sc1nnc2c(n1)[nH]c1ccccc12)C(=O)N[C@H](C)c1ccc(F)cc1. The van der Waals surface area contributed by atoms with Gasteiger partial charge in [0.1, 0.15) is 11.3 Å². The minimum atomic E-state index is -0.411. The number of carbonyl (C=O) groups is 1. The van der Waals surface area contributed by atoms with E-state index in [4.69, 9.17) is 0 Å².